The number of fused-ring (bicyclic) bond motifs is 1. The van der Waals surface area contributed by atoms with Crippen molar-refractivity contribution < 1.29 is 22.7 Å². The average molecular weight is 447 g/mol. The predicted molar refractivity (Wildman–Crippen MR) is 95.1 cm³/mol. The van der Waals surface area contributed by atoms with Crippen molar-refractivity contribution in [2.24, 2.45) is 0 Å². The Labute approximate surface area is 160 Å². The van der Waals surface area contributed by atoms with Gasteiger partial charge in [-0.2, -0.15) is 13.2 Å². The van der Waals surface area contributed by atoms with Crippen molar-refractivity contribution >= 4 is 33.6 Å². The molecule has 1 aromatic heterocycles. The number of nitrogens with zero attached hydrogens (tertiary/aromatic N) is 1. The fourth-order valence-corrected chi connectivity index (χ4v) is 3.56. The van der Waals surface area contributed by atoms with Crippen molar-refractivity contribution in [2.75, 3.05) is 12.4 Å². The smallest absolute Gasteiger partial charge is 0.417 e. The van der Waals surface area contributed by atoms with Crippen LogP contribution in [0, 0.1) is 0 Å². The van der Waals surface area contributed by atoms with E-state index in [0.717, 1.165) is 39.8 Å². The fourth-order valence-electron chi connectivity index (χ4n) is 2.52. The molecule has 0 fully saturated rings. The van der Waals surface area contributed by atoms with Gasteiger partial charge in [0.15, 0.2) is 0 Å². The van der Waals surface area contributed by atoms with Crippen LogP contribution < -0.4 is 10.1 Å². The number of nitrogens with one attached hydrogen (secondary N) is 1. The third kappa shape index (κ3) is 4.70. The topological polar surface area (TPSA) is 51.2 Å². The van der Waals surface area contributed by atoms with Crippen LogP contribution in [0.1, 0.15) is 23.6 Å². The Kier molecular flexibility index (Phi) is 5.76. The molecule has 138 valence electrons. The van der Waals surface area contributed by atoms with Gasteiger partial charge in [0.1, 0.15) is 5.75 Å². The number of rotatable bonds is 4. The quantitative estimate of drug-likeness (QED) is 0.697. The van der Waals surface area contributed by atoms with E-state index in [9.17, 15) is 18.0 Å². The highest BCUT2D eigenvalue weighted by Gasteiger charge is 2.30. The molecule has 1 atom stereocenters. The van der Waals surface area contributed by atoms with E-state index in [-0.39, 0.29) is 17.7 Å². The third-order valence-corrected chi connectivity index (χ3v) is 5.20. The first-order valence-electron chi connectivity index (χ1n) is 7.70. The summed E-state index contributed by atoms with van der Waals surface area (Å²) in [7, 11) is 0. The second-order valence-corrected chi connectivity index (χ2v) is 7.52. The number of ether oxygens (including phenoxy) is 1. The molecule has 1 unspecified atom stereocenters. The third-order valence-electron chi connectivity index (χ3n) is 3.76. The summed E-state index contributed by atoms with van der Waals surface area (Å²) in [5.74, 6) is 0.593. The molecule has 1 aliphatic heterocycles. The zero-order valence-electron chi connectivity index (χ0n) is 13.3. The number of carbonyl (C=O) groups is 1. The van der Waals surface area contributed by atoms with Gasteiger partial charge in [-0.1, -0.05) is 27.7 Å². The monoisotopic (exact) mass is 446 g/mol. The summed E-state index contributed by atoms with van der Waals surface area (Å²) >= 11 is 4.49. The van der Waals surface area contributed by atoms with Crippen molar-refractivity contribution in [3.63, 3.8) is 0 Å². The molecule has 0 aliphatic carbocycles. The lowest BCUT2D eigenvalue weighted by Gasteiger charge is -2.26. The van der Waals surface area contributed by atoms with E-state index < -0.39 is 11.7 Å². The van der Waals surface area contributed by atoms with Gasteiger partial charge in [-0.15, -0.1) is 0 Å². The van der Waals surface area contributed by atoms with E-state index in [1.165, 1.54) is 6.07 Å². The van der Waals surface area contributed by atoms with Gasteiger partial charge in [0, 0.05) is 22.7 Å². The van der Waals surface area contributed by atoms with Crippen molar-refractivity contribution in [3.8, 4) is 5.75 Å². The Bertz CT molecular complexity index is 800. The summed E-state index contributed by atoms with van der Waals surface area (Å²) < 4.78 is 44.0. The highest BCUT2D eigenvalue weighted by atomic mass is 79.9. The molecular weight excluding hydrogens is 433 g/mol. The van der Waals surface area contributed by atoms with E-state index in [1.807, 2.05) is 18.2 Å². The molecule has 1 aliphatic rings. The van der Waals surface area contributed by atoms with Gasteiger partial charge in [-0.25, -0.2) is 4.98 Å². The van der Waals surface area contributed by atoms with Crippen LogP contribution in [0.25, 0.3) is 0 Å². The van der Waals surface area contributed by atoms with Gasteiger partial charge >= 0.3 is 6.18 Å². The lowest BCUT2D eigenvalue weighted by atomic mass is 10.0. The largest absolute Gasteiger partial charge is 0.493 e. The first-order valence-corrected chi connectivity index (χ1v) is 9.48. The SMILES string of the molecule is O=C(CSc1ccc(C(F)(F)F)cn1)NC1CCOc2ccc(Br)cc21. The van der Waals surface area contributed by atoms with Crippen LogP contribution in [0.3, 0.4) is 0 Å². The normalized spacial score (nSPS) is 16.5. The number of halogens is 4. The van der Waals surface area contributed by atoms with Gasteiger partial charge in [0.25, 0.3) is 0 Å². The maximum Gasteiger partial charge on any atom is 0.417 e. The molecule has 3 rings (SSSR count). The summed E-state index contributed by atoms with van der Waals surface area (Å²) in [4.78, 5) is 16.0. The Morgan fingerprint density at radius 1 is 1.35 bits per heavy atom. The molecule has 9 heteroatoms. The van der Waals surface area contributed by atoms with Crippen molar-refractivity contribution in [3.05, 3.63) is 52.1 Å². The van der Waals surface area contributed by atoms with Crippen LogP contribution >= 0.6 is 27.7 Å². The van der Waals surface area contributed by atoms with Crippen molar-refractivity contribution in [2.45, 2.75) is 23.7 Å². The molecular formula is C17H14BrF3N2O2S. The number of hydrogen-bond acceptors (Lipinski definition) is 4. The lowest BCUT2D eigenvalue weighted by molar-refractivity contribution is -0.137. The van der Waals surface area contributed by atoms with Crippen LogP contribution in [0.5, 0.6) is 5.75 Å². The van der Waals surface area contributed by atoms with Crippen LogP contribution in [-0.2, 0) is 11.0 Å². The molecule has 1 N–H and O–H groups in total. The number of aromatic nitrogens is 1. The lowest BCUT2D eigenvalue weighted by Crippen LogP contribution is -2.33. The molecule has 0 bridgehead atoms. The Balaban J connectivity index is 1.58. The van der Waals surface area contributed by atoms with E-state index in [4.69, 9.17) is 4.74 Å². The number of hydrogen-bond donors (Lipinski definition) is 1. The van der Waals surface area contributed by atoms with E-state index in [0.29, 0.717) is 18.1 Å². The minimum atomic E-state index is -4.42. The minimum absolute atomic E-state index is 0.0685. The highest BCUT2D eigenvalue weighted by molar-refractivity contribution is 9.10. The summed E-state index contributed by atoms with van der Waals surface area (Å²) in [6.45, 7) is 0.507. The number of carbonyl (C=O) groups excluding carboxylic acids is 1. The Hall–Kier alpha value is -1.74. The maximum atomic E-state index is 12.5. The number of thioether (sulfide) groups is 1. The fraction of sp³-hybridized carbons (Fsp3) is 0.294. The van der Waals surface area contributed by atoms with Gasteiger partial charge < -0.3 is 10.1 Å². The highest BCUT2D eigenvalue weighted by Crippen LogP contribution is 2.34. The number of amides is 1. The molecule has 0 spiro atoms. The molecule has 1 aromatic carbocycles. The summed E-state index contributed by atoms with van der Waals surface area (Å²) in [5.41, 5.74) is 0.0901. The second-order valence-electron chi connectivity index (χ2n) is 5.61. The zero-order valence-corrected chi connectivity index (χ0v) is 15.7. The number of alkyl halides is 3. The molecule has 4 nitrogen and oxygen atoms in total. The second kappa shape index (κ2) is 7.87. The molecule has 0 saturated heterocycles. The molecule has 0 radical (unpaired) electrons. The van der Waals surface area contributed by atoms with E-state index in [1.54, 1.807) is 0 Å². The minimum Gasteiger partial charge on any atom is -0.493 e. The van der Waals surface area contributed by atoms with Gasteiger partial charge in [-0.05, 0) is 30.3 Å². The van der Waals surface area contributed by atoms with E-state index >= 15 is 0 Å². The standard InChI is InChI=1S/C17H14BrF3N2O2S/c18-11-2-3-14-12(7-11)13(5-6-25-14)23-15(24)9-26-16-4-1-10(8-22-16)17(19,20)21/h1-4,7-8,13H,5-6,9H2,(H,23,24). The summed E-state index contributed by atoms with van der Waals surface area (Å²) in [5, 5.41) is 3.30. The van der Waals surface area contributed by atoms with E-state index in [2.05, 4.69) is 26.2 Å². The molecule has 0 saturated carbocycles. The van der Waals surface area contributed by atoms with Crippen LogP contribution in [0.15, 0.2) is 46.0 Å². The van der Waals surface area contributed by atoms with Gasteiger partial charge in [-0.3, -0.25) is 4.79 Å². The molecule has 2 aromatic rings. The van der Waals surface area contributed by atoms with Gasteiger partial charge in [0.2, 0.25) is 5.91 Å². The van der Waals surface area contributed by atoms with Crippen LogP contribution in [0.4, 0.5) is 13.2 Å². The maximum absolute atomic E-state index is 12.5. The van der Waals surface area contributed by atoms with Crippen LogP contribution in [0.2, 0.25) is 0 Å². The Morgan fingerprint density at radius 2 is 2.15 bits per heavy atom. The molecule has 1 amide bonds. The number of pyridine rings is 1. The summed E-state index contributed by atoms with van der Waals surface area (Å²) in [6, 6.07) is 7.68. The first kappa shape index (κ1) is 19.0. The van der Waals surface area contributed by atoms with Gasteiger partial charge in [0.05, 0.1) is 29.0 Å². The molecule has 2 heterocycles. The predicted octanol–water partition coefficient (Wildman–Crippen LogP) is 4.60. The van der Waals surface area contributed by atoms with Crippen LogP contribution in [-0.4, -0.2) is 23.3 Å². The van der Waals surface area contributed by atoms with Crippen molar-refractivity contribution in [1.29, 1.82) is 0 Å². The number of benzene rings is 1. The Morgan fingerprint density at radius 3 is 2.85 bits per heavy atom. The average Bonchev–Trinajstić information content (AvgIpc) is 2.60. The molecule has 26 heavy (non-hydrogen) atoms. The first-order chi connectivity index (χ1) is 12.3. The summed E-state index contributed by atoms with van der Waals surface area (Å²) in [6.07, 6.45) is -3.00. The zero-order chi connectivity index (χ0) is 18.7. The van der Waals surface area contributed by atoms with Crippen molar-refractivity contribution in [1.82, 2.24) is 10.3 Å².